The number of fused-ring (bicyclic) bond motifs is 3. The summed E-state index contributed by atoms with van der Waals surface area (Å²) < 4.78 is 11.9. The standard InChI is InChI=1S/C26H25ClN2O3/c1-26(2,3)32-25(30)29-15-19(13-27)24-21-11-18(14-28)9-10-20(21)23(12-22(24)29)31-16-17-7-5-4-6-8-17/h4-12,19H,13,15-16H2,1-3H3. The van der Waals surface area contributed by atoms with Crippen LogP contribution in [0.1, 0.15) is 43.4 Å². The summed E-state index contributed by atoms with van der Waals surface area (Å²) in [5, 5.41) is 11.2. The van der Waals surface area contributed by atoms with Gasteiger partial charge in [0, 0.05) is 29.8 Å². The first-order chi connectivity index (χ1) is 15.3. The summed E-state index contributed by atoms with van der Waals surface area (Å²) in [4.78, 5) is 14.6. The summed E-state index contributed by atoms with van der Waals surface area (Å²) in [5.41, 5.74) is 2.63. The van der Waals surface area contributed by atoms with Crippen molar-refractivity contribution in [2.45, 2.75) is 38.9 Å². The Labute approximate surface area is 193 Å². The summed E-state index contributed by atoms with van der Waals surface area (Å²) >= 11 is 6.32. The lowest BCUT2D eigenvalue weighted by Gasteiger charge is -2.25. The van der Waals surface area contributed by atoms with Crippen LogP contribution in [-0.4, -0.2) is 24.1 Å². The van der Waals surface area contributed by atoms with Crippen LogP contribution in [0.5, 0.6) is 5.75 Å². The van der Waals surface area contributed by atoms with Gasteiger partial charge in [0.1, 0.15) is 18.0 Å². The quantitative estimate of drug-likeness (QED) is 0.435. The highest BCUT2D eigenvalue weighted by Gasteiger charge is 2.36. The maximum Gasteiger partial charge on any atom is 0.414 e. The van der Waals surface area contributed by atoms with E-state index in [1.165, 1.54) is 0 Å². The van der Waals surface area contributed by atoms with Crippen LogP contribution in [0.15, 0.2) is 54.6 Å². The zero-order chi connectivity index (χ0) is 22.9. The zero-order valence-electron chi connectivity index (χ0n) is 18.4. The van der Waals surface area contributed by atoms with E-state index in [-0.39, 0.29) is 5.92 Å². The first-order valence-corrected chi connectivity index (χ1v) is 11.1. The lowest BCUT2D eigenvalue weighted by Crippen LogP contribution is -2.36. The molecule has 1 heterocycles. The molecule has 1 atom stereocenters. The summed E-state index contributed by atoms with van der Waals surface area (Å²) in [7, 11) is 0. The molecule has 1 amide bonds. The molecule has 0 radical (unpaired) electrons. The molecule has 1 aliphatic rings. The molecule has 1 unspecified atom stereocenters. The van der Waals surface area contributed by atoms with Gasteiger partial charge in [-0.1, -0.05) is 30.3 Å². The van der Waals surface area contributed by atoms with Crippen LogP contribution in [-0.2, 0) is 11.3 Å². The number of rotatable bonds is 4. The van der Waals surface area contributed by atoms with E-state index in [0.717, 1.165) is 27.6 Å². The molecule has 6 heteroatoms. The van der Waals surface area contributed by atoms with Gasteiger partial charge in [-0.15, -0.1) is 11.6 Å². The topological polar surface area (TPSA) is 62.6 Å². The van der Waals surface area contributed by atoms with Gasteiger partial charge in [-0.05, 0) is 55.5 Å². The smallest absolute Gasteiger partial charge is 0.414 e. The second kappa shape index (κ2) is 8.72. The van der Waals surface area contributed by atoms with Gasteiger partial charge in [0.25, 0.3) is 0 Å². The molecule has 0 N–H and O–H groups in total. The first-order valence-electron chi connectivity index (χ1n) is 10.5. The Kier molecular flexibility index (Phi) is 5.99. The third-order valence-corrected chi connectivity index (χ3v) is 5.76. The van der Waals surface area contributed by atoms with Crippen LogP contribution in [0.25, 0.3) is 10.8 Å². The summed E-state index contributed by atoms with van der Waals surface area (Å²) in [6, 6.07) is 19.5. The number of nitriles is 1. The highest BCUT2D eigenvalue weighted by Crippen LogP contribution is 2.46. The Bertz CT molecular complexity index is 1200. The fourth-order valence-corrected chi connectivity index (χ4v) is 4.25. The molecule has 32 heavy (non-hydrogen) atoms. The highest BCUT2D eigenvalue weighted by molar-refractivity contribution is 6.19. The Morgan fingerprint density at radius 3 is 2.56 bits per heavy atom. The first kappa shape index (κ1) is 22.0. The zero-order valence-corrected chi connectivity index (χ0v) is 19.1. The van der Waals surface area contributed by atoms with E-state index in [4.69, 9.17) is 21.1 Å². The number of carbonyl (C=O) groups is 1. The van der Waals surface area contributed by atoms with E-state index in [1.807, 2.05) is 69.3 Å². The fourth-order valence-electron chi connectivity index (χ4n) is 4.00. The number of hydrogen-bond acceptors (Lipinski definition) is 4. The second-order valence-electron chi connectivity index (χ2n) is 8.90. The van der Waals surface area contributed by atoms with Crippen molar-refractivity contribution in [3.63, 3.8) is 0 Å². The third kappa shape index (κ3) is 4.37. The molecule has 3 aromatic carbocycles. The van der Waals surface area contributed by atoms with Crippen molar-refractivity contribution in [3.05, 3.63) is 71.3 Å². The van der Waals surface area contributed by atoms with Crippen molar-refractivity contribution >= 4 is 34.2 Å². The Morgan fingerprint density at radius 2 is 1.91 bits per heavy atom. The van der Waals surface area contributed by atoms with Crippen LogP contribution < -0.4 is 9.64 Å². The molecule has 0 saturated carbocycles. The van der Waals surface area contributed by atoms with E-state index in [2.05, 4.69) is 6.07 Å². The maximum absolute atomic E-state index is 13.0. The normalized spacial score (nSPS) is 15.3. The number of alkyl halides is 1. The van der Waals surface area contributed by atoms with Gasteiger partial charge < -0.3 is 9.47 Å². The van der Waals surface area contributed by atoms with E-state index >= 15 is 0 Å². The molecule has 0 bridgehead atoms. The van der Waals surface area contributed by atoms with Gasteiger partial charge >= 0.3 is 6.09 Å². The van der Waals surface area contributed by atoms with Gasteiger partial charge in [-0.2, -0.15) is 5.26 Å². The Hall–Kier alpha value is -3.23. The predicted octanol–water partition coefficient (Wildman–Crippen LogP) is 6.37. The molecular formula is C26H25ClN2O3. The van der Waals surface area contributed by atoms with Gasteiger partial charge in [-0.3, -0.25) is 4.90 Å². The van der Waals surface area contributed by atoms with Gasteiger partial charge in [0.2, 0.25) is 0 Å². The molecule has 3 aromatic rings. The molecule has 164 valence electrons. The van der Waals surface area contributed by atoms with Crippen LogP contribution in [0.2, 0.25) is 0 Å². The molecule has 0 saturated heterocycles. The lowest BCUT2D eigenvalue weighted by atomic mass is 9.94. The number of carbonyl (C=O) groups excluding carboxylic acids is 1. The van der Waals surface area contributed by atoms with Crippen LogP contribution >= 0.6 is 11.6 Å². The van der Waals surface area contributed by atoms with E-state index in [9.17, 15) is 10.1 Å². The summed E-state index contributed by atoms with van der Waals surface area (Å²) in [6.45, 7) is 6.33. The van der Waals surface area contributed by atoms with Crippen LogP contribution in [0, 0.1) is 11.3 Å². The number of halogens is 1. The van der Waals surface area contributed by atoms with E-state index in [1.54, 1.807) is 11.0 Å². The van der Waals surface area contributed by atoms with Gasteiger partial charge in [0.05, 0.1) is 17.3 Å². The van der Waals surface area contributed by atoms with Crippen molar-refractivity contribution < 1.29 is 14.3 Å². The minimum absolute atomic E-state index is 0.0706. The van der Waals surface area contributed by atoms with Gasteiger partial charge in [0.15, 0.2) is 0 Å². The molecule has 5 nitrogen and oxygen atoms in total. The molecule has 0 aromatic heterocycles. The van der Waals surface area contributed by atoms with Crippen molar-refractivity contribution in [2.75, 3.05) is 17.3 Å². The van der Waals surface area contributed by atoms with E-state index in [0.29, 0.717) is 30.3 Å². The minimum atomic E-state index is -0.617. The van der Waals surface area contributed by atoms with Gasteiger partial charge in [-0.25, -0.2) is 4.79 Å². The highest BCUT2D eigenvalue weighted by atomic mass is 35.5. The maximum atomic E-state index is 13.0. The number of nitrogens with zero attached hydrogens (tertiary/aromatic N) is 2. The molecule has 1 aliphatic heterocycles. The van der Waals surface area contributed by atoms with Crippen molar-refractivity contribution in [1.82, 2.24) is 0 Å². The average Bonchev–Trinajstić information content (AvgIpc) is 3.15. The average molecular weight is 449 g/mol. The third-order valence-electron chi connectivity index (χ3n) is 5.39. The molecule has 0 spiro atoms. The fraction of sp³-hybridized carbons (Fsp3) is 0.308. The number of amides is 1. The Morgan fingerprint density at radius 1 is 1.16 bits per heavy atom. The summed E-state index contributed by atoms with van der Waals surface area (Å²) in [6.07, 6.45) is -0.420. The van der Waals surface area contributed by atoms with Crippen LogP contribution in [0.3, 0.4) is 0 Å². The minimum Gasteiger partial charge on any atom is -0.488 e. The molecule has 4 rings (SSSR count). The number of benzene rings is 3. The van der Waals surface area contributed by atoms with Crippen molar-refractivity contribution in [3.8, 4) is 11.8 Å². The largest absolute Gasteiger partial charge is 0.488 e. The predicted molar refractivity (Wildman–Crippen MR) is 126 cm³/mol. The second-order valence-corrected chi connectivity index (χ2v) is 9.20. The van der Waals surface area contributed by atoms with E-state index < -0.39 is 11.7 Å². The molecule has 0 aliphatic carbocycles. The number of hydrogen-bond donors (Lipinski definition) is 0. The number of anilines is 1. The Balaban J connectivity index is 1.83. The number of ether oxygens (including phenoxy) is 2. The molecular weight excluding hydrogens is 424 g/mol. The van der Waals surface area contributed by atoms with Crippen molar-refractivity contribution in [1.29, 1.82) is 5.26 Å². The summed E-state index contributed by atoms with van der Waals surface area (Å²) in [5.74, 6) is 0.928. The monoisotopic (exact) mass is 448 g/mol. The SMILES string of the molecule is CC(C)(C)OC(=O)N1CC(CCl)c2c1cc(OCc1ccccc1)c1ccc(C#N)cc21. The lowest BCUT2D eigenvalue weighted by molar-refractivity contribution is 0.0582. The van der Waals surface area contributed by atoms with Crippen LogP contribution in [0.4, 0.5) is 10.5 Å². The molecule has 0 fully saturated rings. The van der Waals surface area contributed by atoms with Crippen molar-refractivity contribution in [2.24, 2.45) is 0 Å².